The van der Waals surface area contributed by atoms with Crippen molar-refractivity contribution in [1.82, 2.24) is 9.80 Å². The Hall–Kier alpha value is -1.46. The van der Waals surface area contributed by atoms with Crippen LogP contribution in [-0.4, -0.2) is 35.3 Å². The average molecular weight is 339 g/mol. The minimum atomic E-state index is -0.378. The molecular formula is C17H20ClFN2O2. The lowest BCUT2D eigenvalue weighted by Crippen LogP contribution is -2.40. The molecule has 6 heteroatoms. The number of fused-ring (bicyclic) bond motifs is 1. The van der Waals surface area contributed by atoms with Gasteiger partial charge in [-0.3, -0.25) is 19.4 Å². The standard InChI is InChI=1S/C17H20ClFN2O2/c1-20(9-13-14(18)7-4-8-15(13)19)10-21-16(22)11-5-2-3-6-12(11)17(21)23/h4,7-8,11-12H,2-3,5-6,9-10H2,1H3/t11-,12+. The monoisotopic (exact) mass is 338 g/mol. The molecule has 1 aromatic carbocycles. The number of hydrogen-bond donors (Lipinski definition) is 0. The Morgan fingerprint density at radius 1 is 1.22 bits per heavy atom. The number of carbonyl (C=O) groups excluding carboxylic acids is 2. The molecule has 2 atom stereocenters. The molecule has 0 unspecified atom stereocenters. The second-order valence-corrected chi connectivity index (χ2v) is 6.86. The Morgan fingerprint density at radius 2 is 1.83 bits per heavy atom. The van der Waals surface area contributed by atoms with E-state index in [9.17, 15) is 14.0 Å². The topological polar surface area (TPSA) is 40.6 Å². The van der Waals surface area contributed by atoms with E-state index in [0.717, 1.165) is 25.7 Å². The summed E-state index contributed by atoms with van der Waals surface area (Å²) >= 11 is 6.03. The van der Waals surface area contributed by atoms with E-state index >= 15 is 0 Å². The second kappa shape index (κ2) is 6.57. The molecule has 0 radical (unpaired) electrons. The summed E-state index contributed by atoms with van der Waals surface area (Å²) in [7, 11) is 1.76. The SMILES string of the molecule is CN(Cc1c(F)cccc1Cl)CN1C(=O)[C@H]2CCCC[C@H]2C1=O. The molecule has 0 spiro atoms. The van der Waals surface area contributed by atoms with Gasteiger partial charge >= 0.3 is 0 Å². The molecule has 23 heavy (non-hydrogen) atoms. The van der Waals surface area contributed by atoms with Crippen molar-refractivity contribution in [3.63, 3.8) is 0 Å². The van der Waals surface area contributed by atoms with E-state index in [2.05, 4.69) is 0 Å². The van der Waals surface area contributed by atoms with Gasteiger partial charge < -0.3 is 0 Å². The highest BCUT2D eigenvalue weighted by atomic mass is 35.5. The van der Waals surface area contributed by atoms with E-state index in [4.69, 9.17) is 11.6 Å². The van der Waals surface area contributed by atoms with Crippen molar-refractivity contribution in [3.05, 3.63) is 34.6 Å². The summed E-state index contributed by atoms with van der Waals surface area (Å²) in [5, 5.41) is 0.351. The number of rotatable bonds is 4. The van der Waals surface area contributed by atoms with Gasteiger partial charge in [0.2, 0.25) is 11.8 Å². The van der Waals surface area contributed by atoms with Gasteiger partial charge in [-0.15, -0.1) is 0 Å². The van der Waals surface area contributed by atoms with Crippen molar-refractivity contribution in [2.75, 3.05) is 13.7 Å². The lowest BCUT2D eigenvalue weighted by Gasteiger charge is -2.23. The van der Waals surface area contributed by atoms with E-state index in [1.165, 1.54) is 11.0 Å². The normalized spacial score (nSPS) is 24.4. The molecule has 1 aliphatic heterocycles. The molecule has 4 nitrogen and oxygen atoms in total. The predicted octanol–water partition coefficient (Wildman–Crippen LogP) is 3.04. The maximum absolute atomic E-state index is 13.9. The minimum absolute atomic E-state index is 0.0776. The maximum atomic E-state index is 13.9. The smallest absolute Gasteiger partial charge is 0.234 e. The lowest BCUT2D eigenvalue weighted by molar-refractivity contribution is -0.142. The van der Waals surface area contributed by atoms with E-state index in [0.29, 0.717) is 10.6 Å². The summed E-state index contributed by atoms with van der Waals surface area (Å²) in [6.07, 6.45) is 3.62. The van der Waals surface area contributed by atoms with Crippen molar-refractivity contribution in [2.45, 2.75) is 32.2 Å². The van der Waals surface area contributed by atoms with Crippen LogP contribution in [0.1, 0.15) is 31.2 Å². The van der Waals surface area contributed by atoms with Gasteiger partial charge in [0.15, 0.2) is 0 Å². The quantitative estimate of drug-likeness (QED) is 0.792. The first-order valence-corrected chi connectivity index (χ1v) is 8.33. The molecular weight excluding hydrogens is 319 g/mol. The van der Waals surface area contributed by atoms with Crippen molar-refractivity contribution < 1.29 is 14.0 Å². The van der Waals surface area contributed by atoms with Gasteiger partial charge in [-0.25, -0.2) is 4.39 Å². The molecule has 2 fully saturated rings. The third-order valence-electron chi connectivity index (χ3n) is 4.80. The lowest BCUT2D eigenvalue weighted by atomic mass is 9.81. The van der Waals surface area contributed by atoms with Crippen LogP contribution in [0.3, 0.4) is 0 Å². The zero-order chi connectivity index (χ0) is 16.6. The van der Waals surface area contributed by atoms with Crippen LogP contribution in [0.25, 0.3) is 0 Å². The van der Waals surface area contributed by atoms with E-state index in [-0.39, 0.29) is 42.7 Å². The molecule has 3 rings (SSSR count). The van der Waals surface area contributed by atoms with Crippen LogP contribution in [-0.2, 0) is 16.1 Å². The van der Waals surface area contributed by atoms with Crippen molar-refractivity contribution in [2.24, 2.45) is 11.8 Å². The summed E-state index contributed by atoms with van der Waals surface area (Å²) in [6, 6.07) is 4.55. The largest absolute Gasteiger partial charge is 0.284 e. The zero-order valence-electron chi connectivity index (χ0n) is 13.1. The highest BCUT2D eigenvalue weighted by Crippen LogP contribution is 2.38. The fourth-order valence-electron chi connectivity index (χ4n) is 3.62. The van der Waals surface area contributed by atoms with Crippen LogP contribution in [0.2, 0.25) is 5.02 Å². The number of benzene rings is 1. The predicted molar refractivity (Wildman–Crippen MR) is 85.0 cm³/mol. The minimum Gasteiger partial charge on any atom is -0.284 e. The molecule has 0 aromatic heterocycles. The summed E-state index contributed by atoms with van der Waals surface area (Å²) in [6.45, 7) is 0.424. The number of amides is 2. The maximum Gasteiger partial charge on any atom is 0.234 e. The van der Waals surface area contributed by atoms with Gasteiger partial charge in [0.05, 0.1) is 18.5 Å². The number of imide groups is 1. The molecule has 1 saturated heterocycles. The fraction of sp³-hybridized carbons (Fsp3) is 0.529. The number of nitrogens with zero attached hydrogens (tertiary/aromatic N) is 2. The molecule has 0 bridgehead atoms. The average Bonchev–Trinajstić information content (AvgIpc) is 2.77. The number of carbonyl (C=O) groups is 2. The zero-order valence-corrected chi connectivity index (χ0v) is 13.9. The number of halogens is 2. The molecule has 1 aliphatic carbocycles. The number of hydrogen-bond acceptors (Lipinski definition) is 3. The first-order valence-electron chi connectivity index (χ1n) is 7.95. The van der Waals surface area contributed by atoms with Gasteiger partial charge in [-0.1, -0.05) is 30.5 Å². The Kier molecular flexibility index (Phi) is 4.69. The van der Waals surface area contributed by atoms with Crippen LogP contribution >= 0.6 is 11.6 Å². The number of likely N-dealkylation sites (tertiary alicyclic amines) is 1. The molecule has 2 aliphatic rings. The van der Waals surface area contributed by atoms with E-state index in [1.807, 2.05) is 0 Å². The van der Waals surface area contributed by atoms with E-state index < -0.39 is 0 Å². The highest BCUT2D eigenvalue weighted by Gasteiger charge is 2.48. The van der Waals surface area contributed by atoms with E-state index in [1.54, 1.807) is 24.1 Å². The summed E-state index contributed by atoms with van der Waals surface area (Å²) in [5.41, 5.74) is 0.383. The van der Waals surface area contributed by atoms with Crippen molar-refractivity contribution in [3.8, 4) is 0 Å². The Balaban J connectivity index is 1.69. The Bertz CT molecular complexity index is 593. The third kappa shape index (κ3) is 3.12. The summed E-state index contributed by atoms with van der Waals surface area (Å²) in [4.78, 5) is 28.0. The molecule has 1 aromatic rings. The summed E-state index contributed by atoms with van der Waals surface area (Å²) < 4.78 is 13.9. The van der Waals surface area contributed by atoms with Crippen LogP contribution in [0, 0.1) is 17.7 Å². The van der Waals surface area contributed by atoms with Gasteiger partial charge in [-0.05, 0) is 32.0 Å². The second-order valence-electron chi connectivity index (χ2n) is 6.46. The Labute approximate surface area is 140 Å². The van der Waals surface area contributed by atoms with Crippen LogP contribution in [0.5, 0.6) is 0 Å². The van der Waals surface area contributed by atoms with Gasteiger partial charge in [0.25, 0.3) is 0 Å². The van der Waals surface area contributed by atoms with Crippen LogP contribution in [0.15, 0.2) is 18.2 Å². The van der Waals surface area contributed by atoms with Gasteiger partial charge in [-0.2, -0.15) is 0 Å². The van der Waals surface area contributed by atoms with Crippen molar-refractivity contribution >= 4 is 23.4 Å². The molecule has 1 saturated carbocycles. The fourth-order valence-corrected chi connectivity index (χ4v) is 3.84. The van der Waals surface area contributed by atoms with Crippen LogP contribution < -0.4 is 0 Å². The Morgan fingerprint density at radius 3 is 2.39 bits per heavy atom. The molecule has 2 amide bonds. The first kappa shape index (κ1) is 16.4. The molecule has 124 valence electrons. The van der Waals surface area contributed by atoms with Gasteiger partial charge in [0.1, 0.15) is 5.82 Å². The van der Waals surface area contributed by atoms with Gasteiger partial charge in [0, 0.05) is 17.1 Å². The van der Waals surface area contributed by atoms with Crippen LogP contribution in [0.4, 0.5) is 4.39 Å². The first-order chi connectivity index (χ1) is 11.0. The summed E-state index contributed by atoms with van der Waals surface area (Å²) in [5.74, 6) is -0.835. The third-order valence-corrected chi connectivity index (χ3v) is 5.16. The highest BCUT2D eigenvalue weighted by molar-refractivity contribution is 6.31. The molecule has 1 heterocycles. The molecule has 0 N–H and O–H groups in total. The van der Waals surface area contributed by atoms with Crippen molar-refractivity contribution in [1.29, 1.82) is 0 Å².